The van der Waals surface area contributed by atoms with E-state index in [4.69, 9.17) is 4.74 Å². The van der Waals surface area contributed by atoms with Gasteiger partial charge in [-0.2, -0.15) is 0 Å². The van der Waals surface area contributed by atoms with Gasteiger partial charge in [-0.1, -0.05) is 19.8 Å². The molecular formula is C26H44O4. The molecular weight excluding hydrogens is 376 g/mol. The van der Waals surface area contributed by atoms with E-state index in [-0.39, 0.29) is 41.3 Å². The monoisotopic (exact) mass is 420 g/mol. The SMILES string of the molecule is C[C@H](OC(=O)C(C)(C)C)[C@H]1CC[C@]2(O)[C@@H]3CC[C@H]4CCCC[C@]4(CO)[C@H]3CC[C@]12C. The highest BCUT2D eigenvalue weighted by Crippen LogP contribution is 2.69. The Morgan fingerprint density at radius 2 is 1.77 bits per heavy atom. The summed E-state index contributed by atoms with van der Waals surface area (Å²) < 4.78 is 5.93. The maximum Gasteiger partial charge on any atom is 0.311 e. The molecule has 0 spiro atoms. The van der Waals surface area contributed by atoms with Gasteiger partial charge in [0.05, 0.1) is 11.0 Å². The zero-order valence-electron chi connectivity index (χ0n) is 19.9. The summed E-state index contributed by atoms with van der Waals surface area (Å²) in [6.07, 6.45) is 10.8. The lowest BCUT2D eigenvalue weighted by Gasteiger charge is -2.64. The van der Waals surface area contributed by atoms with E-state index >= 15 is 0 Å². The number of aliphatic hydroxyl groups excluding tert-OH is 1. The van der Waals surface area contributed by atoms with Gasteiger partial charge in [-0.15, -0.1) is 0 Å². The van der Waals surface area contributed by atoms with Crippen molar-refractivity contribution >= 4 is 5.97 Å². The molecule has 0 aromatic rings. The fraction of sp³-hybridized carbons (Fsp3) is 0.962. The minimum atomic E-state index is -0.701. The molecule has 4 aliphatic rings. The van der Waals surface area contributed by atoms with Gasteiger partial charge in [0.15, 0.2) is 0 Å². The summed E-state index contributed by atoms with van der Waals surface area (Å²) in [5.74, 6) is 1.39. The van der Waals surface area contributed by atoms with Crippen LogP contribution in [0.15, 0.2) is 0 Å². The molecule has 4 rings (SSSR count). The predicted octanol–water partition coefficient (Wildman–Crippen LogP) is 5.10. The standard InChI is InChI=1S/C26H44O4/c1-17(30-22(28)23(2,3)4)19-12-15-26(29)21-10-9-18-8-6-7-13-25(18,16-27)20(21)11-14-24(19,26)5/h17-21,27,29H,6-16H2,1-5H3/t17-,18+,19+,20-,21+,24+,25+,26-/m0/s1. The van der Waals surface area contributed by atoms with Gasteiger partial charge in [-0.05, 0) is 102 Å². The van der Waals surface area contributed by atoms with Crippen molar-refractivity contribution in [2.75, 3.05) is 6.61 Å². The van der Waals surface area contributed by atoms with E-state index in [2.05, 4.69) is 6.92 Å². The van der Waals surface area contributed by atoms with Gasteiger partial charge in [0, 0.05) is 17.9 Å². The second-order valence-corrected chi connectivity index (χ2v) is 12.5. The maximum absolute atomic E-state index is 12.5. The molecule has 0 aliphatic heterocycles. The molecule has 0 amide bonds. The summed E-state index contributed by atoms with van der Waals surface area (Å²) in [5, 5.41) is 22.8. The zero-order valence-corrected chi connectivity index (χ0v) is 19.9. The highest BCUT2D eigenvalue weighted by Gasteiger charge is 2.68. The Bertz CT molecular complexity index is 668. The molecule has 4 nitrogen and oxygen atoms in total. The molecule has 0 aromatic carbocycles. The molecule has 8 atom stereocenters. The topological polar surface area (TPSA) is 66.8 Å². The van der Waals surface area contributed by atoms with Crippen molar-refractivity contribution in [1.82, 2.24) is 0 Å². The van der Waals surface area contributed by atoms with Gasteiger partial charge in [0.25, 0.3) is 0 Å². The molecule has 172 valence electrons. The lowest BCUT2D eigenvalue weighted by atomic mass is 9.43. The van der Waals surface area contributed by atoms with E-state index in [9.17, 15) is 15.0 Å². The largest absolute Gasteiger partial charge is 0.462 e. The van der Waals surface area contributed by atoms with Crippen LogP contribution in [0.2, 0.25) is 0 Å². The number of esters is 1. The van der Waals surface area contributed by atoms with Gasteiger partial charge in [-0.25, -0.2) is 0 Å². The first-order valence-corrected chi connectivity index (χ1v) is 12.5. The van der Waals surface area contributed by atoms with Gasteiger partial charge in [0.2, 0.25) is 0 Å². The van der Waals surface area contributed by atoms with Crippen molar-refractivity contribution in [3.63, 3.8) is 0 Å². The summed E-state index contributed by atoms with van der Waals surface area (Å²) >= 11 is 0. The van der Waals surface area contributed by atoms with Crippen LogP contribution in [0, 0.1) is 39.9 Å². The number of aliphatic hydroxyl groups is 2. The van der Waals surface area contributed by atoms with Crippen LogP contribution in [-0.2, 0) is 9.53 Å². The molecule has 0 radical (unpaired) electrons. The molecule has 4 heteroatoms. The van der Waals surface area contributed by atoms with Crippen molar-refractivity contribution in [2.45, 2.75) is 111 Å². The average Bonchev–Trinajstić information content (AvgIpc) is 2.98. The second kappa shape index (κ2) is 7.47. The second-order valence-electron chi connectivity index (χ2n) is 12.5. The summed E-state index contributed by atoms with van der Waals surface area (Å²) in [5.41, 5.74) is -1.40. The van der Waals surface area contributed by atoms with Crippen LogP contribution >= 0.6 is 0 Å². The number of carbonyl (C=O) groups is 1. The minimum absolute atomic E-state index is 0.0284. The lowest BCUT2D eigenvalue weighted by molar-refractivity contribution is -0.223. The summed E-state index contributed by atoms with van der Waals surface area (Å²) in [4.78, 5) is 12.5. The number of rotatable bonds is 3. The van der Waals surface area contributed by atoms with Crippen LogP contribution in [-0.4, -0.2) is 34.5 Å². The molecule has 30 heavy (non-hydrogen) atoms. The van der Waals surface area contributed by atoms with E-state index in [1.54, 1.807) is 0 Å². The van der Waals surface area contributed by atoms with E-state index < -0.39 is 11.0 Å². The predicted molar refractivity (Wildman–Crippen MR) is 118 cm³/mol. The normalized spacial score (nSPS) is 47.0. The highest BCUT2D eigenvalue weighted by molar-refractivity contribution is 5.75. The number of hydrogen-bond acceptors (Lipinski definition) is 4. The molecule has 4 aliphatic carbocycles. The summed E-state index contributed by atoms with van der Waals surface area (Å²) in [6.45, 7) is 10.3. The van der Waals surface area contributed by atoms with Crippen LogP contribution in [0.1, 0.15) is 98.8 Å². The molecule has 0 unspecified atom stereocenters. The van der Waals surface area contributed by atoms with Gasteiger partial charge >= 0.3 is 5.97 Å². The van der Waals surface area contributed by atoms with Crippen molar-refractivity contribution in [3.05, 3.63) is 0 Å². The summed E-state index contributed by atoms with van der Waals surface area (Å²) in [6, 6.07) is 0. The van der Waals surface area contributed by atoms with Gasteiger partial charge < -0.3 is 14.9 Å². The Balaban J connectivity index is 1.59. The molecule has 2 N–H and O–H groups in total. The fourth-order valence-electron chi connectivity index (χ4n) is 8.57. The zero-order chi connectivity index (χ0) is 21.9. The Labute approximate surface area is 183 Å². The maximum atomic E-state index is 12.5. The van der Waals surface area contributed by atoms with E-state index in [0.717, 1.165) is 44.9 Å². The van der Waals surface area contributed by atoms with Crippen molar-refractivity contribution < 1.29 is 19.7 Å². The molecule has 4 saturated carbocycles. The number of carbonyl (C=O) groups excluding carboxylic acids is 1. The first-order chi connectivity index (χ1) is 14.0. The van der Waals surface area contributed by atoms with E-state index in [1.165, 1.54) is 19.3 Å². The van der Waals surface area contributed by atoms with Crippen LogP contribution in [0.5, 0.6) is 0 Å². The lowest BCUT2D eigenvalue weighted by Crippen LogP contribution is -2.63. The first-order valence-electron chi connectivity index (χ1n) is 12.5. The molecule has 0 aromatic heterocycles. The Kier molecular flexibility index (Phi) is 5.62. The van der Waals surface area contributed by atoms with Crippen molar-refractivity contribution in [2.24, 2.45) is 39.9 Å². The van der Waals surface area contributed by atoms with Crippen molar-refractivity contribution in [1.29, 1.82) is 0 Å². The average molecular weight is 421 g/mol. The van der Waals surface area contributed by atoms with Crippen LogP contribution in [0.4, 0.5) is 0 Å². The number of fused-ring (bicyclic) bond motifs is 5. The Morgan fingerprint density at radius 1 is 1.03 bits per heavy atom. The Morgan fingerprint density at radius 3 is 2.43 bits per heavy atom. The Hall–Kier alpha value is -0.610. The third-order valence-corrected chi connectivity index (χ3v) is 10.3. The molecule has 4 fully saturated rings. The van der Waals surface area contributed by atoms with Gasteiger partial charge in [-0.3, -0.25) is 4.79 Å². The van der Waals surface area contributed by atoms with E-state index in [1.807, 2.05) is 27.7 Å². The third-order valence-electron chi connectivity index (χ3n) is 10.3. The van der Waals surface area contributed by atoms with Crippen molar-refractivity contribution in [3.8, 4) is 0 Å². The fourth-order valence-corrected chi connectivity index (χ4v) is 8.57. The van der Waals surface area contributed by atoms with Crippen LogP contribution in [0.3, 0.4) is 0 Å². The van der Waals surface area contributed by atoms with Gasteiger partial charge in [0.1, 0.15) is 6.10 Å². The summed E-state index contributed by atoms with van der Waals surface area (Å²) in [7, 11) is 0. The molecule has 0 bridgehead atoms. The van der Waals surface area contributed by atoms with Crippen LogP contribution in [0.25, 0.3) is 0 Å². The highest BCUT2D eigenvalue weighted by atomic mass is 16.5. The smallest absolute Gasteiger partial charge is 0.311 e. The first kappa shape index (κ1) is 22.6. The number of hydrogen-bond donors (Lipinski definition) is 2. The quantitative estimate of drug-likeness (QED) is 0.623. The van der Waals surface area contributed by atoms with Crippen LogP contribution < -0.4 is 0 Å². The third kappa shape index (κ3) is 3.10. The minimum Gasteiger partial charge on any atom is -0.462 e. The molecule has 0 saturated heterocycles. The number of ether oxygens (including phenoxy) is 1. The molecule has 0 heterocycles. The van der Waals surface area contributed by atoms with E-state index in [0.29, 0.717) is 11.8 Å².